The van der Waals surface area contributed by atoms with Crippen LogP contribution in [-0.4, -0.2) is 49.4 Å². The summed E-state index contributed by atoms with van der Waals surface area (Å²) in [4.78, 5) is 28.8. The fourth-order valence-electron chi connectivity index (χ4n) is 3.57. The number of anilines is 1. The maximum atomic E-state index is 12.5. The molecule has 0 bridgehead atoms. The molecule has 148 valence electrons. The lowest BCUT2D eigenvalue weighted by Gasteiger charge is -2.37. The van der Waals surface area contributed by atoms with Crippen molar-refractivity contribution in [1.82, 2.24) is 10.2 Å². The summed E-state index contributed by atoms with van der Waals surface area (Å²) >= 11 is 0. The van der Waals surface area contributed by atoms with Gasteiger partial charge in [0.15, 0.2) is 0 Å². The first-order valence-corrected chi connectivity index (χ1v) is 9.98. The van der Waals surface area contributed by atoms with Crippen molar-refractivity contribution in [3.63, 3.8) is 0 Å². The van der Waals surface area contributed by atoms with Crippen LogP contribution in [0.3, 0.4) is 0 Å². The van der Waals surface area contributed by atoms with Crippen LogP contribution in [0, 0.1) is 13.8 Å². The topological polar surface area (TPSA) is 52.6 Å². The molecule has 1 saturated heterocycles. The molecule has 5 heteroatoms. The molecule has 0 atom stereocenters. The average molecular weight is 380 g/mol. The highest BCUT2D eigenvalue weighted by Crippen LogP contribution is 2.24. The first-order valence-electron chi connectivity index (χ1n) is 9.98. The zero-order chi connectivity index (χ0) is 19.9. The van der Waals surface area contributed by atoms with E-state index in [1.54, 1.807) is 12.1 Å². The van der Waals surface area contributed by atoms with Crippen molar-refractivity contribution in [2.45, 2.75) is 26.7 Å². The molecule has 2 amide bonds. The highest BCUT2D eigenvalue weighted by molar-refractivity contribution is 5.94. The van der Waals surface area contributed by atoms with Crippen molar-refractivity contribution in [3.05, 3.63) is 65.2 Å². The van der Waals surface area contributed by atoms with Crippen LogP contribution in [0.5, 0.6) is 0 Å². The maximum Gasteiger partial charge on any atom is 0.251 e. The Morgan fingerprint density at radius 2 is 1.64 bits per heavy atom. The minimum atomic E-state index is -0.0878. The molecule has 1 fully saturated rings. The molecule has 1 aliphatic heterocycles. The van der Waals surface area contributed by atoms with Crippen molar-refractivity contribution < 1.29 is 9.59 Å². The predicted octanol–water partition coefficient (Wildman–Crippen LogP) is 3.16. The summed E-state index contributed by atoms with van der Waals surface area (Å²) in [6.07, 6.45) is 1.13. The second kappa shape index (κ2) is 9.40. The number of aryl methyl sites for hydroxylation is 1. The van der Waals surface area contributed by atoms with Crippen LogP contribution in [0.2, 0.25) is 0 Å². The molecule has 1 N–H and O–H groups in total. The van der Waals surface area contributed by atoms with Crippen molar-refractivity contribution in [2.75, 3.05) is 37.6 Å². The van der Waals surface area contributed by atoms with Crippen LogP contribution in [0.15, 0.2) is 48.5 Å². The van der Waals surface area contributed by atoms with Gasteiger partial charge in [-0.05, 0) is 49.6 Å². The van der Waals surface area contributed by atoms with E-state index in [0.717, 1.165) is 26.2 Å². The van der Waals surface area contributed by atoms with Crippen LogP contribution < -0.4 is 10.2 Å². The first kappa shape index (κ1) is 19.9. The Labute approximate surface area is 167 Å². The number of nitrogens with zero attached hydrogens (tertiary/aromatic N) is 2. The number of benzene rings is 2. The third-order valence-corrected chi connectivity index (χ3v) is 5.44. The summed E-state index contributed by atoms with van der Waals surface area (Å²) in [6.45, 7) is 8.04. The number of carbonyl (C=O) groups is 2. The van der Waals surface area contributed by atoms with Gasteiger partial charge in [-0.3, -0.25) is 9.59 Å². The fraction of sp³-hybridized carbons (Fsp3) is 0.391. The van der Waals surface area contributed by atoms with E-state index in [0.29, 0.717) is 24.9 Å². The molecule has 2 aromatic carbocycles. The Kier molecular flexibility index (Phi) is 6.69. The Bertz CT molecular complexity index is 812. The molecule has 0 saturated carbocycles. The van der Waals surface area contributed by atoms with Crippen molar-refractivity contribution >= 4 is 17.5 Å². The highest BCUT2D eigenvalue weighted by Gasteiger charge is 2.22. The molecule has 0 spiro atoms. The van der Waals surface area contributed by atoms with Crippen molar-refractivity contribution in [1.29, 1.82) is 0 Å². The Morgan fingerprint density at radius 1 is 0.929 bits per heavy atom. The lowest BCUT2D eigenvalue weighted by molar-refractivity contribution is -0.131. The Balaban J connectivity index is 1.39. The van der Waals surface area contributed by atoms with E-state index in [9.17, 15) is 9.59 Å². The summed E-state index contributed by atoms with van der Waals surface area (Å²) in [7, 11) is 0. The summed E-state index contributed by atoms with van der Waals surface area (Å²) < 4.78 is 0. The van der Waals surface area contributed by atoms with E-state index in [2.05, 4.69) is 42.3 Å². The standard InChI is InChI=1S/C23H29N3O2/c1-18-8-6-11-21(19(18)2)25-14-16-26(17-15-25)22(27)12-7-13-24-23(28)20-9-4-3-5-10-20/h3-6,8-11H,7,12-17H2,1-2H3,(H,24,28). The van der Waals surface area contributed by atoms with Crippen molar-refractivity contribution in [2.24, 2.45) is 0 Å². The minimum absolute atomic E-state index is 0.0878. The number of nitrogens with one attached hydrogen (secondary N) is 1. The second-order valence-corrected chi connectivity index (χ2v) is 7.31. The van der Waals surface area contributed by atoms with E-state index in [4.69, 9.17) is 0 Å². The Morgan fingerprint density at radius 3 is 2.36 bits per heavy atom. The maximum absolute atomic E-state index is 12.5. The van der Waals surface area contributed by atoms with Gasteiger partial charge in [0.2, 0.25) is 5.91 Å². The molecule has 3 rings (SSSR count). The minimum Gasteiger partial charge on any atom is -0.368 e. The van der Waals surface area contributed by atoms with E-state index >= 15 is 0 Å². The zero-order valence-electron chi connectivity index (χ0n) is 16.8. The SMILES string of the molecule is Cc1cccc(N2CCN(C(=O)CCCNC(=O)c3ccccc3)CC2)c1C. The molecule has 2 aromatic rings. The van der Waals surface area contributed by atoms with E-state index in [-0.39, 0.29) is 11.8 Å². The average Bonchev–Trinajstić information content (AvgIpc) is 2.73. The van der Waals surface area contributed by atoms with Gasteiger partial charge < -0.3 is 15.1 Å². The molecule has 28 heavy (non-hydrogen) atoms. The van der Waals surface area contributed by atoms with Gasteiger partial charge in [-0.1, -0.05) is 30.3 Å². The fourth-order valence-corrected chi connectivity index (χ4v) is 3.57. The third kappa shape index (κ3) is 4.91. The second-order valence-electron chi connectivity index (χ2n) is 7.31. The number of hydrogen-bond acceptors (Lipinski definition) is 3. The molecule has 0 aromatic heterocycles. The predicted molar refractivity (Wildman–Crippen MR) is 113 cm³/mol. The van der Waals surface area contributed by atoms with Crippen LogP contribution >= 0.6 is 0 Å². The largest absolute Gasteiger partial charge is 0.368 e. The summed E-state index contributed by atoms with van der Waals surface area (Å²) in [5.74, 6) is 0.0877. The van der Waals surface area contributed by atoms with Gasteiger partial charge >= 0.3 is 0 Å². The first-order chi connectivity index (χ1) is 13.6. The molecule has 5 nitrogen and oxygen atoms in total. The lowest BCUT2D eigenvalue weighted by atomic mass is 10.1. The van der Waals surface area contributed by atoms with E-state index < -0.39 is 0 Å². The van der Waals surface area contributed by atoms with E-state index in [1.807, 2.05) is 23.1 Å². The van der Waals surface area contributed by atoms with Crippen LogP contribution in [0.4, 0.5) is 5.69 Å². The van der Waals surface area contributed by atoms with Gasteiger partial charge in [-0.15, -0.1) is 0 Å². The van der Waals surface area contributed by atoms with Crippen LogP contribution in [-0.2, 0) is 4.79 Å². The molecule has 1 aliphatic rings. The monoisotopic (exact) mass is 379 g/mol. The molecule has 0 unspecified atom stereocenters. The summed E-state index contributed by atoms with van der Waals surface area (Å²) in [5.41, 5.74) is 4.54. The smallest absolute Gasteiger partial charge is 0.251 e. The zero-order valence-corrected chi connectivity index (χ0v) is 16.8. The van der Waals surface area contributed by atoms with Gasteiger partial charge in [-0.2, -0.15) is 0 Å². The van der Waals surface area contributed by atoms with Crippen LogP contribution in [0.25, 0.3) is 0 Å². The summed E-state index contributed by atoms with van der Waals surface area (Å²) in [5, 5.41) is 2.88. The van der Waals surface area contributed by atoms with Gasteiger partial charge in [0.05, 0.1) is 0 Å². The molecule has 1 heterocycles. The van der Waals surface area contributed by atoms with Gasteiger partial charge in [0, 0.05) is 50.4 Å². The van der Waals surface area contributed by atoms with Gasteiger partial charge in [0.1, 0.15) is 0 Å². The molecular formula is C23H29N3O2. The quantitative estimate of drug-likeness (QED) is 0.785. The number of amides is 2. The molecular weight excluding hydrogens is 350 g/mol. The lowest BCUT2D eigenvalue weighted by Crippen LogP contribution is -2.49. The Hall–Kier alpha value is -2.82. The number of hydrogen-bond donors (Lipinski definition) is 1. The third-order valence-electron chi connectivity index (χ3n) is 5.44. The van der Waals surface area contributed by atoms with Crippen molar-refractivity contribution in [3.8, 4) is 0 Å². The molecule has 0 aliphatic carbocycles. The summed E-state index contributed by atoms with van der Waals surface area (Å²) in [6, 6.07) is 15.5. The van der Waals surface area contributed by atoms with E-state index in [1.165, 1.54) is 16.8 Å². The van der Waals surface area contributed by atoms with Gasteiger partial charge in [0.25, 0.3) is 5.91 Å². The van der Waals surface area contributed by atoms with Crippen LogP contribution in [0.1, 0.15) is 34.3 Å². The number of carbonyl (C=O) groups excluding carboxylic acids is 2. The highest BCUT2D eigenvalue weighted by atomic mass is 16.2. The van der Waals surface area contributed by atoms with Gasteiger partial charge in [-0.25, -0.2) is 0 Å². The number of rotatable bonds is 6. The molecule has 0 radical (unpaired) electrons. The number of piperazine rings is 1. The normalized spacial score (nSPS) is 14.1.